The van der Waals surface area contributed by atoms with Gasteiger partial charge in [0.25, 0.3) is 0 Å². The second-order valence-electron chi connectivity index (χ2n) is 18.0. The molecule has 0 aromatic rings. The van der Waals surface area contributed by atoms with Crippen LogP contribution in [0.3, 0.4) is 0 Å². The lowest BCUT2D eigenvalue weighted by molar-refractivity contribution is -0.167. The van der Waals surface area contributed by atoms with Crippen LogP contribution in [-0.4, -0.2) is 37.1 Å². The van der Waals surface area contributed by atoms with E-state index < -0.39 is 37.1 Å². The maximum absolute atomic E-state index is 13.1. The zero-order valence-electron chi connectivity index (χ0n) is 48.4. The predicted molar refractivity (Wildman–Crippen MR) is 288 cm³/mol. The lowest BCUT2D eigenvalue weighted by atomic mass is 10.1. The summed E-state index contributed by atoms with van der Waals surface area (Å²) >= 11 is 0. The molecule has 0 unspecified atom stereocenters. The van der Waals surface area contributed by atoms with Gasteiger partial charge in [-0.1, -0.05) is 209 Å². The number of allylic oxidation sites excluding steroid dienone is 14. The van der Waals surface area contributed by atoms with Gasteiger partial charge in [-0.25, -0.2) is 0 Å². The van der Waals surface area contributed by atoms with Crippen molar-refractivity contribution in [2.45, 2.75) is 271 Å². The second kappa shape index (κ2) is 55.2. The van der Waals surface area contributed by atoms with Gasteiger partial charge in [0, 0.05) is 19.3 Å². The van der Waals surface area contributed by atoms with Gasteiger partial charge in [-0.2, -0.15) is 0 Å². The molecule has 0 heterocycles. The molecule has 0 radical (unpaired) electrons. The molecule has 6 heteroatoms. The van der Waals surface area contributed by atoms with E-state index in [0.29, 0.717) is 32.1 Å². The van der Waals surface area contributed by atoms with Crippen molar-refractivity contribution in [3.63, 3.8) is 0 Å². The van der Waals surface area contributed by atoms with Gasteiger partial charge in [0.05, 0.1) is 6.85 Å². The Morgan fingerprint density at radius 3 is 0.910 bits per heavy atom. The third-order valence-electron chi connectivity index (χ3n) is 11.4. The van der Waals surface area contributed by atoms with Gasteiger partial charge in [-0.15, -0.1) is 0 Å². The Labute approximate surface area is 421 Å². The molecule has 0 saturated heterocycles. The lowest BCUT2D eigenvalue weighted by Gasteiger charge is -2.18. The van der Waals surface area contributed by atoms with Crippen molar-refractivity contribution in [2.75, 3.05) is 13.1 Å². The number of rotatable bonds is 50. The minimum Gasteiger partial charge on any atom is -0.462 e. The Morgan fingerprint density at radius 1 is 0.343 bits per heavy atom. The number of esters is 3. The lowest BCUT2D eigenvalue weighted by Crippen LogP contribution is -2.30. The summed E-state index contributed by atoms with van der Waals surface area (Å²) in [6.45, 7) is -0.324. The Bertz CT molecular complexity index is 1450. The van der Waals surface area contributed by atoms with Gasteiger partial charge in [0.2, 0.25) is 0 Å². The van der Waals surface area contributed by atoms with Gasteiger partial charge in [0.1, 0.15) is 13.1 Å². The molecule has 0 saturated carbocycles. The third-order valence-corrected chi connectivity index (χ3v) is 11.4. The first-order valence-corrected chi connectivity index (χ1v) is 27.6. The van der Waals surface area contributed by atoms with Crippen molar-refractivity contribution in [1.82, 2.24) is 0 Å². The molecule has 0 aromatic heterocycles. The molecule has 0 aliphatic rings. The van der Waals surface area contributed by atoms with Crippen LogP contribution in [-0.2, 0) is 28.6 Å². The zero-order chi connectivity index (χ0) is 53.1. The van der Waals surface area contributed by atoms with Crippen molar-refractivity contribution < 1.29 is 35.4 Å². The molecule has 6 nitrogen and oxygen atoms in total. The number of hydrogen-bond acceptors (Lipinski definition) is 6. The molecule has 67 heavy (non-hydrogen) atoms. The summed E-state index contributed by atoms with van der Waals surface area (Å²) in [6.07, 6.45) is 61.6. The molecule has 0 atom stereocenters. The summed E-state index contributed by atoms with van der Waals surface area (Å²) in [5, 5.41) is 0. The van der Waals surface area contributed by atoms with Crippen LogP contribution in [0.1, 0.15) is 272 Å². The molecule has 0 aliphatic heterocycles. The van der Waals surface area contributed by atoms with E-state index in [1.54, 1.807) is 0 Å². The molecular weight excluding hydrogens is 829 g/mol. The minimum atomic E-state index is -3.53. The molecule has 0 bridgehead atoms. The fourth-order valence-corrected chi connectivity index (χ4v) is 7.23. The SMILES string of the molecule is [2H]C([2H])(OC(=O)CCCCCCCCC/C=C\C/C=C\CCCCC)C([2H])(OC(=O)CCCC/C=C\C/C=C\C/C=C\CCCCC)C([2H])([2H])OC(=O)CCCCCCCCC/C=C\C/C=C\CCCCC. The second-order valence-corrected chi connectivity index (χ2v) is 18.0. The smallest absolute Gasteiger partial charge is 0.306 e. The topological polar surface area (TPSA) is 78.9 Å². The molecular formula is C61H104O6. The van der Waals surface area contributed by atoms with Gasteiger partial charge in [-0.3, -0.25) is 14.4 Å². The molecule has 0 rings (SSSR count). The predicted octanol–water partition coefficient (Wildman–Crippen LogP) is 18.8. The van der Waals surface area contributed by atoms with Crippen LogP contribution in [0.5, 0.6) is 0 Å². The maximum atomic E-state index is 13.1. The highest BCUT2D eigenvalue weighted by atomic mass is 16.6. The van der Waals surface area contributed by atoms with Crippen LogP contribution >= 0.6 is 0 Å². The number of carbonyl (C=O) groups excluding carboxylic acids is 3. The van der Waals surface area contributed by atoms with Crippen molar-refractivity contribution in [2.24, 2.45) is 0 Å². The van der Waals surface area contributed by atoms with Crippen molar-refractivity contribution >= 4 is 17.9 Å². The van der Waals surface area contributed by atoms with Gasteiger partial charge in [0.15, 0.2) is 6.08 Å². The molecule has 0 fully saturated rings. The summed E-state index contributed by atoms with van der Waals surface area (Å²) in [7, 11) is 0. The Morgan fingerprint density at radius 2 is 0.582 bits per heavy atom. The Hall–Kier alpha value is -3.41. The molecule has 0 aromatic carbocycles. The summed E-state index contributed by atoms with van der Waals surface area (Å²) < 4.78 is 58.9. The number of unbranched alkanes of at least 4 members (excludes halogenated alkanes) is 25. The van der Waals surface area contributed by atoms with Gasteiger partial charge >= 0.3 is 17.9 Å². The number of ether oxygens (including phenoxy) is 3. The summed E-state index contributed by atoms with van der Waals surface area (Å²) in [4.78, 5) is 39.1. The number of carbonyl (C=O) groups is 3. The van der Waals surface area contributed by atoms with E-state index >= 15 is 0 Å². The van der Waals surface area contributed by atoms with Crippen molar-refractivity contribution in [3.8, 4) is 0 Å². The van der Waals surface area contributed by atoms with Crippen molar-refractivity contribution in [1.29, 1.82) is 0 Å². The van der Waals surface area contributed by atoms with Gasteiger partial charge < -0.3 is 14.2 Å². The minimum absolute atomic E-state index is 0.155. The van der Waals surface area contributed by atoms with E-state index in [2.05, 4.69) is 93.7 Å². The summed E-state index contributed by atoms with van der Waals surface area (Å²) in [5.74, 6) is -3.03. The molecule has 0 amide bonds. The summed E-state index contributed by atoms with van der Waals surface area (Å²) in [6, 6.07) is 0. The summed E-state index contributed by atoms with van der Waals surface area (Å²) in [5.41, 5.74) is 0. The van der Waals surface area contributed by atoms with Crippen LogP contribution in [0.4, 0.5) is 0 Å². The number of hydrogen-bond donors (Lipinski definition) is 0. The molecule has 384 valence electrons. The van der Waals surface area contributed by atoms with Crippen molar-refractivity contribution in [3.05, 3.63) is 85.1 Å². The van der Waals surface area contributed by atoms with E-state index in [-0.39, 0.29) is 19.3 Å². The first-order valence-electron chi connectivity index (χ1n) is 30.1. The van der Waals surface area contributed by atoms with Crippen LogP contribution in [0, 0.1) is 0 Å². The van der Waals surface area contributed by atoms with Crippen LogP contribution < -0.4 is 0 Å². The first kappa shape index (κ1) is 54.5. The molecule has 0 aliphatic carbocycles. The van der Waals surface area contributed by atoms with E-state index in [9.17, 15) is 14.4 Å². The van der Waals surface area contributed by atoms with Gasteiger partial charge in [-0.05, 0) is 122 Å². The highest BCUT2D eigenvalue weighted by molar-refractivity contribution is 5.71. The highest BCUT2D eigenvalue weighted by Crippen LogP contribution is 2.14. The molecule has 0 spiro atoms. The average Bonchev–Trinajstić information content (AvgIpc) is 3.34. The molecule has 0 N–H and O–H groups in total. The third kappa shape index (κ3) is 53.4. The van der Waals surface area contributed by atoms with E-state index in [4.69, 9.17) is 21.1 Å². The fourth-order valence-electron chi connectivity index (χ4n) is 7.23. The monoisotopic (exact) mass is 938 g/mol. The average molecular weight is 939 g/mol. The Kier molecular flexibility index (Phi) is 44.9. The maximum Gasteiger partial charge on any atom is 0.306 e. The normalized spacial score (nSPS) is 14.0. The zero-order valence-corrected chi connectivity index (χ0v) is 43.4. The van der Waals surface area contributed by atoms with Crippen LogP contribution in [0.25, 0.3) is 0 Å². The fraction of sp³-hybridized carbons (Fsp3) is 0.721. The Balaban J connectivity index is 5.07. The van der Waals surface area contributed by atoms with Crippen LogP contribution in [0.2, 0.25) is 0 Å². The standard InChI is InChI=1S/C61H104O6/c1-4-7-10-13-16-19-22-25-28-30-33-35-38-41-44-47-50-53-59(62)65-56-58(67-61(64)55-52-49-46-43-40-37-32-27-24-21-18-15-12-9-6-3)57-66-60(63)54-51-48-45-42-39-36-34-31-29-26-23-20-17-14-11-8-5-2/h16-21,25-29,32,40,43,58H,4-15,22-24,30-31,33-39,41-42,44-57H2,1-3H3/b19-16-,20-17-,21-18-,28-25-,29-26-,32-27-,43-40-/i56D2,57D2,58D. The van der Waals surface area contributed by atoms with E-state index in [0.717, 1.165) is 135 Å². The largest absolute Gasteiger partial charge is 0.462 e. The first-order chi connectivity index (χ1) is 34.9. The highest BCUT2D eigenvalue weighted by Gasteiger charge is 2.19. The van der Waals surface area contributed by atoms with E-state index in [1.165, 1.54) is 57.8 Å². The quantitative estimate of drug-likeness (QED) is 0.0262. The van der Waals surface area contributed by atoms with Crippen LogP contribution in [0.15, 0.2) is 85.1 Å². The van der Waals surface area contributed by atoms with E-state index in [1.807, 2.05) is 12.2 Å².